The number of pyridine rings is 1. The first-order valence-corrected chi connectivity index (χ1v) is 10.9. The summed E-state index contributed by atoms with van der Waals surface area (Å²) in [5, 5.41) is 13.4. The molecule has 3 aromatic heterocycles. The molecule has 1 unspecified atom stereocenters. The van der Waals surface area contributed by atoms with Crippen LogP contribution in [0.3, 0.4) is 0 Å². The molecule has 0 saturated carbocycles. The van der Waals surface area contributed by atoms with Crippen molar-refractivity contribution in [3.05, 3.63) is 75.9 Å². The molecule has 1 N–H and O–H groups in total. The minimum atomic E-state index is -0.747. The van der Waals surface area contributed by atoms with Crippen LogP contribution >= 0.6 is 22.9 Å². The summed E-state index contributed by atoms with van der Waals surface area (Å²) in [5.41, 5.74) is 5.61. The van der Waals surface area contributed by atoms with E-state index in [2.05, 4.69) is 22.1 Å². The molecule has 4 nitrogen and oxygen atoms in total. The number of nitrogens with zero attached hydrogens (tertiary/aromatic N) is 2. The van der Waals surface area contributed by atoms with Crippen molar-refractivity contribution in [2.45, 2.75) is 31.7 Å². The van der Waals surface area contributed by atoms with E-state index >= 15 is 0 Å². The molecule has 3 heterocycles. The molecule has 0 saturated heterocycles. The Morgan fingerprint density at radius 1 is 1.28 bits per heavy atom. The Labute approximate surface area is 177 Å². The number of carboxylic acids is 1. The van der Waals surface area contributed by atoms with Crippen LogP contribution < -0.4 is 0 Å². The maximum Gasteiger partial charge on any atom is 0.304 e. The fourth-order valence-corrected chi connectivity index (χ4v) is 5.25. The van der Waals surface area contributed by atoms with Crippen molar-refractivity contribution in [2.75, 3.05) is 0 Å². The topological polar surface area (TPSA) is 55.1 Å². The van der Waals surface area contributed by atoms with Crippen molar-refractivity contribution in [1.29, 1.82) is 0 Å². The molecular weight excluding hydrogens is 404 g/mol. The molecule has 4 aromatic rings. The number of aromatic nitrogens is 2. The third-order valence-electron chi connectivity index (χ3n) is 5.68. The van der Waals surface area contributed by atoms with E-state index in [0.717, 1.165) is 40.2 Å². The van der Waals surface area contributed by atoms with Crippen LogP contribution in [0.15, 0.2) is 54.0 Å². The van der Waals surface area contributed by atoms with Crippen molar-refractivity contribution < 1.29 is 9.90 Å². The zero-order valence-electron chi connectivity index (χ0n) is 15.6. The van der Waals surface area contributed by atoms with Gasteiger partial charge in [-0.2, -0.15) is 0 Å². The van der Waals surface area contributed by atoms with Crippen LogP contribution in [0.25, 0.3) is 21.5 Å². The molecular formula is C23H19ClN2O2S. The number of hydrogen-bond donors (Lipinski definition) is 1. The van der Waals surface area contributed by atoms with E-state index in [-0.39, 0.29) is 12.3 Å². The molecule has 6 heteroatoms. The Hall–Kier alpha value is -2.63. The van der Waals surface area contributed by atoms with Crippen LogP contribution in [0.1, 0.15) is 35.6 Å². The van der Waals surface area contributed by atoms with Crippen molar-refractivity contribution >= 4 is 39.8 Å². The largest absolute Gasteiger partial charge is 0.481 e. The minimum Gasteiger partial charge on any atom is -0.481 e. The summed E-state index contributed by atoms with van der Waals surface area (Å²) in [6.07, 6.45) is 3.89. The highest BCUT2D eigenvalue weighted by Crippen LogP contribution is 2.43. The average Bonchev–Trinajstić information content (AvgIpc) is 3.42. The number of benzene rings is 1. The number of rotatable bonds is 5. The SMILES string of the molecule is O=C(O)CC1CCc2c1n(Cc1ccc(Cl)cc1)c1cnc(-c3cccs3)cc21. The molecule has 1 aliphatic carbocycles. The predicted octanol–water partition coefficient (Wildman–Crippen LogP) is 5.97. The zero-order valence-corrected chi connectivity index (χ0v) is 17.2. The van der Waals surface area contributed by atoms with Gasteiger partial charge in [-0.15, -0.1) is 11.3 Å². The molecule has 146 valence electrons. The summed E-state index contributed by atoms with van der Waals surface area (Å²) in [4.78, 5) is 17.3. The van der Waals surface area contributed by atoms with Gasteiger partial charge in [0, 0.05) is 28.6 Å². The van der Waals surface area contributed by atoms with Gasteiger partial charge >= 0.3 is 5.97 Å². The molecule has 5 rings (SSSR count). The monoisotopic (exact) mass is 422 g/mol. The van der Waals surface area contributed by atoms with Gasteiger partial charge < -0.3 is 9.67 Å². The lowest BCUT2D eigenvalue weighted by atomic mass is 10.0. The van der Waals surface area contributed by atoms with E-state index in [1.165, 1.54) is 10.9 Å². The fourth-order valence-electron chi connectivity index (χ4n) is 4.43. The molecule has 0 spiro atoms. The summed E-state index contributed by atoms with van der Waals surface area (Å²) in [7, 11) is 0. The van der Waals surface area contributed by atoms with Gasteiger partial charge in [0.25, 0.3) is 0 Å². The number of thiophene rings is 1. The Balaban J connectivity index is 1.67. The first-order chi connectivity index (χ1) is 14.1. The first kappa shape index (κ1) is 18.4. The highest BCUT2D eigenvalue weighted by atomic mass is 35.5. The molecule has 1 aromatic carbocycles. The van der Waals surface area contributed by atoms with Crippen LogP contribution in [-0.4, -0.2) is 20.6 Å². The summed E-state index contributed by atoms with van der Waals surface area (Å²) in [5.74, 6) is -0.712. The average molecular weight is 423 g/mol. The van der Waals surface area contributed by atoms with Gasteiger partial charge in [-0.3, -0.25) is 9.78 Å². The van der Waals surface area contributed by atoms with Gasteiger partial charge in [-0.25, -0.2) is 0 Å². The number of carbonyl (C=O) groups is 1. The summed E-state index contributed by atoms with van der Waals surface area (Å²) < 4.78 is 2.26. The number of halogens is 1. The smallest absolute Gasteiger partial charge is 0.304 e. The van der Waals surface area contributed by atoms with E-state index in [9.17, 15) is 9.90 Å². The second-order valence-electron chi connectivity index (χ2n) is 7.47. The Bertz CT molecular complexity index is 1200. The van der Waals surface area contributed by atoms with Crippen molar-refractivity contribution in [3.8, 4) is 10.6 Å². The standard InChI is InChI=1S/C23H19ClN2O2S/c24-16-6-3-14(4-7-16)13-26-20-12-25-19(21-2-1-9-29-21)11-18(20)17-8-5-15(23(17)26)10-22(27)28/h1-4,6-7,9,11-12,15H,5,8,10,13H2,(H,27,28). The van der Waals surface area contributed by atoms with E-state index in [0.29, 0.717) is 11.6 Å². The Morgan fingerprint density at radius 2 is 2.10 bits per heavy atom. The maximum absolute atomic E-state index is 11.5. The van der Waals surface area contributed by atoms with Crippen molar-refractivity contribution in [2.24, 2.45) is 0 Å². The molecule has 0 fully saturated rings. The predicted molar refractivity (Wildman–Crippen MR) is 117 cm³/mol. The van der Waals surface area contributed by atoms with Crippen LogP contribution in [0.5, 0.6) is 0 Å². The van der Waals surface area contributed by atoms with Gasteiger partial charge in [-0.1, -0.05) is 29.8 Å². The van der Waals surface area contributed by atoms with E-state index in [4.69, 9.17) is 16.6 Å². The van der Waals surface area contributed by atoms with E-state index in [1.54, 1.807) is 11.3 Å². The van der Waals surface area contributed by atoms with Gasteiger partial charge in [0.05, 0.1) is 28.7 Å². The van der Waals surface area contributed by atoms with Crippen molar-refractivity contribution in [3.63, 3.8) is 0 Å². The molecule has 0 radical (unpaired) electrons. The minimum absolute atomic E-state index is 0.0346. The number of carboxylic acid groups (broad SMARTS) is 1. The van der Waals surface area contributed by atoms with Crippen LogP contribution in [-0.2, 0) is 17.8 Å². The second kappa shape index (κ2) is 7.32. The molecule has 0 amide bonds. The Kier molecular flexibility index (Phi) is 4.64. The normalized spacial score (nSPS) is 15.7. The van der Waals surface area contributed by atoms with E-state index in [1.807, 2.05) is 36.5 Å². The number of fused-ring (bicyclic) bond motifs is 3. The van der Waals surface area contributed by atoms with Gasteiger partial charge in [0.2, 0.25) is 0 Å². The first-order valence-electron chi connectivity index (χ1n) is 9.61. The number of hydrogen-bond acceptors (Lipinski definition) is 3. The molecule has 1 aliphatic rings. The highest BCUT2D eigenvalue weighted by molar-refractivity contribution is 7.13. The number of aryl methyl sites for hydroxylation is 1. The van der Waals surface area contributed by atoms with E-state index < -0.39 is 5.97 Å². The molecule has 29 heavy (non-hydrogen) atoms. The molecule has 0 aliphatic heterocycles. The third-order valence-corrected chi connectivity index (χ3v) is 6.82. The molecule has 0 bridgehead atoms. The van der Waals surface area contributed by atoms with Crippen LogP contribution in [0, 0.1) is 0 Å². The highest BCUT2D eigenvalue weighted by Gasteiger charge is 2.31. The quantitative estimate of drug-likeness (QED) is 0.431. The summed E-state index contributed by atoms with van der Waals surface area (Å²) in [6.45, 7) is 0.680. The number of aliphatic carboxylic acids is 1. The second-order valence-corrected chi connectivity index (χ2v) is 8.86. The van der Waals surface area contributed by atoms with Crippen LogP contribution in [0.4, 0.5) is 0 Å². The fraction of sp³-hybridized carbons (Fsp3) is 0.217. The Morgan fingerprint density at radius 3 is 2.83 bits per heavy atom. The van der Waals surface area contributed by atoms with Gasteiger partial charge in [0.1, 0.15) is 0 Å². The zero-order chi connectivity index (χ0) is 20.0. The third kappa shape index (κ3) is 3.34. The lowest BCUT2D eigenvalue weighted by Gasteiger charge is -2.15. The van der Waals surface area contributed by atoms with Crippen LogP contribution in [0.2, 0.25) is 5.02 Å². The molecule has 1 atom stereocenters. The summed E-state index contributed by atoms with van der Waals surface area (Å²) in [6, 6.07) is 14.1. The van der Waals surface area contributed by atoms with Gasteiger partial charge in [-0.05, 0) is 53.6 Å². The lowest BCUT2D eigenvalue weighted by molar-refractivity contribution is -0.137. The lowest BCUT2D eigenvalue weighted by Crippen LogP contribution is -2.10. The van der Waals surface area contributed by atoms with Gasteiger partial charge in [0.15, 0.2) is 0 Å². The summed E-state index contributed by atoms with van der Waals surface area (Å²) >= 11 is 7.73. The maximum atomic E-state index is 11.5. The van der Waals surface area contributed by atoms with Crippen molar-refractivity contribution in [1.82, 2.24) is 9.55 Å².